The zero-order valence-electron chi connectivity index (χ0n) is 16.2. The Balaban J connectivity index is 1.87. The molecule has 1 heterocycles. The lowest BCUT2D eigenvalue weighted by Crippen LogP contribution is -2.36. The minimum Gasteiger partial charge on any atom is -0.496 e. The van der Waals surface area contributed by atoms with E-state index in [4.69, 9.17) is 27.9 Å². The fraction of sp³-hybridized carbons (Fsp3) is 0.238. The van der Waals surface area contributed by atoms with Gasteiger partial charge in [-0.05, 0) is 31.2 Å². The Morgan fingerprint density at radius 3 is 2.69 bits per heavy atom. The number of halogens is 2. The van der Waals surface area contributed by atoms with Crippen molar-refractivity contribution in [3.63, 3.8) is 0 Å². The number of imidazole rings is 1. The van der Waals surface area contributed by atoms with Gasteiger partial charge in [-0.3, -0.25) is 4.79 Å². The van der Waals surface area contributed by atoms with Crippen LogP contribution in [0.1, 0.15) is 24.4 Å². The van der Waals surface area contributed by atoms with Gasteiger partial charge in [0.15, 0.2) is 0 Å². The van der Waals surface area contributed by atoms with Crippen molar-refractivity contribution < 1.29 is 9.53 Å². The van der Waals surface area contributed by atoms with E-state index in [0.29, 0.717) is 21.6 Å². The Kier molecular flexibility index (Phi) is 7.11. The second kappa shape index (κ2) is 9.57. The highest BCUT2D eigenvalue weighted by molar-refractivity contribution is 8.00. The highest BCUT2D eigenvalue weighted by atomic mass is 35.5. The lowest BCUT2D eigenvalue weighted by Gasteiger charge is -2.23. The maximum absolute atomic E-state index is 13.0. The number of methoxy groups -OCH3 is 1. The van der Waals surface area contributed by atoms with Crippen molar-refractivity contribution in [2.24, 2.45) is 7.05 Å². The third-order valence-electron chi connectivity index (χ3n) is 4.42. The molecule has 3 rings (SSSR count). The highest BCUT2D eigenvalue weighted by Crippen LogP contribution is 2.34. The summed E-state index contributed by atoms with van der Waals surface area (Å²) in [5, 5.41) is 3.84. The molecule has 0 aliphatic carbocycles. The summed E-state index contributed by atoms with van der Waals surface area (Å²) in [5.41, 5.74) is 0.829. The molecule has 5 nitrogen and oxygen atoms in total. The topological polar surface area (TPSA) is 56.1 Å². The monoisotopic (exact) mass is 449 g/mol. The fourth-order valence-electron chi connectivity index (χ4n) is 2.91. The van der Waals surface area contributed by atoms with Crippen LogP contribution in [0.2, 0.25) is 10.0 Å². The van der Waals surface area contributed by atoms with Crippen LogP contribution in [0.4, 0.5) is 0 Å². The third-order valence-corrected chi connectivity index (χ3v) is 6.26. The van der Waals surface area contributed by atoms with Crippen LogP contribution in [0.25, 0.3) is 0 Å². The first-order valence-corrected chi connectivity index (χ1v) is 10.6. The van der Waals surface area contributed by atoms with E-state index in [1.165, 1.54) is 11.8 Å². The van der Waals surface area contributed by atoms with Gasteiger partial charge in [0.1, 0.15) is 17.6 Å². The molecule has 1 aromatic heterocycles. The van der Waals surface area contributed by atoms with E-state index in [1.807, 2.05) is 49.0 Å². The first-order valence-electron chi connectivity index (χ1n) is 8.93. The smallest absolute Gasteiger partial charge is 0.234 e. The zero-order valence-corrected chi connectivity index (χ0v) is 18.6. The Morgan fingerprint density at radius 1 is 1.24 bits per heavy atom. The number of carbonyl (C=O) groups excluding carboxylic acids is 1. The average molecular weight is 450 g/mol. The van der Waals surface area contributed by atoms with Gasteiger partial charge in [-0.1, -0.05) is 41.4 Å². The average Bonchev–Trinajstić information content (AvgIpc) is 3.14. The lowest BCUT2D eigenvalue weighted by molar-refractivity contribution is -0.120. The van der Waals surface area contributed by atoms with E-state index < -0.39 is 11.3 Å². The van der Waals surface area contributed by atoms with Gasteiger partial charge in [0.2, 0.25) is 5.91 Å². The van der Waals surface area contributed by atoms with Crippen LogP contribution in [0.15, 0.2) is 59.8 Å². The van der Waals surface area contributed by atoms with E-state index in [1.54, 1.807) is 31.5 Å². The number of aryl methyl sites for hydroxylation is 1. The molecule has 1 N–H and O–H groups in total. The summed E-state index contributed by atoms with van der Waals surface area (Å²) in [4.78, 5) is 18.2. The van der Waals surface area contributed by atoms with E-state index in [9.17, 15) is 4.79 Å². The Hall–Kier alpha value is -2.15. The quantitative estimate of drug-likeness (QED) is 0.508. The SMILES string of the molecule is COc1ccccc1C(NC(=O)C(C)Sc1cc(Cl)ccc1Cl)c1nccn1C. The molecule has 1 amide bonds. The number of rotatable bonds is 7. The summed E-state index contributed by atoms with van der Waals surface area (Å²) < 4.78 is 7.38. The molecule has 0 aliphatic rings. The van der Waals surface area contributed by atoms with Gasteiger partial charge in [-0.15, -0.1) is 11.8 Å². The van der Waals surface area contributed by atoms with Crippen LogP contribution in [-0.4, -0.2) is 27.8 Å². The van der Waals surface area contributed by atoms with Crippen LogP contribution >= 0.6 is 35.0 Å². The number of benzene rings is 2. The van der Waals surface area contributed by atoms with E-state index in [-0.39, 0.29) is 5.91 Å². The van der Waals surface area contributed by atoms with Crippen molar-refractivity contribution >= 4 is 40.9 Å². The maximum atomic E-state index is 13.0. The number of amides is 1. The molecular weight excluding hydrogens is 429 g/mol. The summed E-state index contributed by atoms with van der Waals surface area (Å²) in [6, 6.07) is 12.3. The maximum Gasteiger partial charge on any atom is 0.234 e. The van der Waals surface area contributed by atoms with Gasteiger partial charge in [0.25, 0.3) is 0 Å². The van der Waals surface area contributed by atoms with Gasteiger partial charge < -0.3 is 14.6 Å². The summed E-state index contributed by atoms with van der Waals surface area (Å²) in [7, 11) is 3.50. The second-order valence-corrected chi connectivity index (χ2v) is 8.64. The summed E-state index contributed by atoms with van der Waals surface area (Å²) in [6.45, 7) is 1.83. The Labute approximate surface area is 184 Å². The predicted octanol–water partition coefficient (Wildman–Crippen LogP) is 5.12. The number of nitrogens with zero attached hydrogens (tertiary/aromatic N) is 2. The number of aromatic nitrogens is 2. The van der Waals surface area contributed by atoms with E-state index in [2.05, 4.69) is 10.3 Å². The van der Waals surface area contributed by atoms with Crippen LogP contribution < -0.4 is 10.1 Å². The molecule has 29 heavy (non-hydrogen) atoms. The largest absolute Gasteiger partial charge is 0.496 e. The van der Waals surface area contributed by atoms with Crippen LogP contribution in [0.3, 0.4) is 0 Å². The molecule has 152 valence electrons. The molecule has 2 atom stereocenters. The van der Waals surface area contributed by atoms with Crippen molar-refractivity contribution in [1.82, 2.24) is 14.9 Å². The number of hydrogen-bond acceptors (Lipinski definition) is 4. The number of hydrogen-bond donors (Lipinski definition) is 1. The zero-order chi connectivity index (χ0) is 21.0. The van der Waals surface area contributed by atoms with Gasteiger partial charge >= 0.3 is 0 Å². The van der Waals surface area contributed by atoms with Gasteiger partial charge in [0.05, 0.1) is 17.4 Å². The fourth-order valence-corrected chi connectivity index (χ4v) is 4.33. The molecule has 0 saturated carbocycles. The lowest BCUT2D eigenvalue weighted by atomic mass is 10.0. The minimum atomic E-state index is -0.462. The summed E-state index contributed by atoms with van der Waals surface area (Å²) in [6.07, 6.45) is 3.54. The van der Waals surface area contributed by atoms with Crippen molar-refractivity contribution in [2.45, 2.75) is 23.1 Å². The number of nitrogens with one attached hydrogen (secondary N) is 1. The molecule has 2 aromatic carbocycles. The Bertz CT molecular complexity index is 1010. The van der Waals surface area contributed by atoms with E-state index >= 15 is 0 Å². The van der Waals surface area contributed by atoms with Crippen molar-refractivity contribution in [3.05, 3.63) is 76.3 Å². The molecule has 2 unspecified atom stereocenters. The number of thioether (sulfide) groups is 1. The first kappa shape index (κ1) is 21.6. The first-order chi connectivity index (χ1) is 13.9. The molecule has 8 heteroatoms. The van der Waals surface area contributed by atoms with Gasteiger partial charge in [-0.25, -0.2) is 4.98 Å². The third kappa shape index (κ3) is 5.07. The van der Waals surface area contributed by atoms with Crippen molar-refractivity contribution in [1.29, 1.82) is 0 Å². The summed E-state index contributed by atoms with van der Waals surface area (Å²) in [5.74, 6) is 1.24. The molecule has 0 fully saturated rings. The number of ether oxygens (including phenoxy) is 1. The molecule has 0 radical (unpaired) electrons. The number of para-hydroxylation sites is 1. The highest BCUT2D eigenvalue weighted by Gasteiger charge is 2.26. The van der Waals surface area contributed by atoms with E-state index in [0.717, 1.165) is 10.5 Å². The molecule has 0 spiro atoms. The standard InChI is InChI=1S/C21H21Cl2N3O2S/c1-13(29-18-12-14(22)8-9-16(18)23)21(27)25-19(20-24-10-11-26(20)2)15-6-4-5-7-17(15)28-3/h4-13,19H,1-3H3,(H,25,27). The summed E-state index contributed by atoms with van der Waals surface area (Å²) >= 11 is 13.7. The molecular formula is C21H21Cl2N3O2S. The predicted molar refractivity (Wildman–Crippen MR) is 118 cm³/mol. The van der Waals surface area contributed by atoms with Crippen LogP contribution in [-0.2, 0) is 11.8 Å². The molecule has 0 saturated heterocycles. The normalized spacial score (nSPS) is 13.0. The molecule has 0 aliphatic heterocycles. The molecule has 0 bridgehead atoms. The van der Waals surface area contributed by atoms with Crippen molar-refractivity contribution in [3.8, 4) is 5.75 Å². The van der Waals surface area contributed by atoms with Gasteiger partial charge in [-0.2, -0.15) is 0 Å². The van der Waals surface area contributed by atoms with Gasteiger partial charge in [0, 0.05) is 34.9 Å². The van der Waals surface area contributed by atoms with Crippen molar-refractivity contribution in [2.75, 3.05) is 7.11 Å². The molecule has 3 aromatic rings. The van der Waals surface area contributed by atoms with Crippen LogP contribution in [0.5, 0.6) is 5.75 Å². The second-order valence-electron chi connectivity index (χ2n) is 6.41. The Morgan fingerprint density at radius 2 is 2.00 bits per heavy atom. The van der Waals surface area contributed by atoms with Crippen LogP contribution in [0, 0.1) is 0 Å². The minimum absolute atomic E-state index is 0.148. The number of carbonyl (C=O) groups is 1.